The Bertz CT molecular complexity index is 2050. The molecule has 0 unspecified atom stereocenters. The SMILES string of the molecule is CCS(=O)(=O)Nc1cc2oc(/C(C)=N/OC)c(C(=O)NC)c2cc1-c1ccc2c(n1)-c1cc3c(F)cccc3n1CO2. The number of benzene rings is 2. The molecule has 0 fully saturated rings. The van der Waals surface area contributed by atoms with Crippen molar-refractivity contribution < 1.29 is 31.6 Å². The number of ether oxygens (including phenoxy) is 1. The minimum Gasteiger partial charge on any atom is -0.470 e. The Labute approximate surface area is 240 Å². The number of fused-ring (bicyclic) bond motifs is 6. The second kappa shape index (κ2) is 10.2. The third kappa shape index (κ3) is 4.42. The molecule has 0 bridgehead atoms. The van der Waals surface area contributed by atoms with Crippen LogP contribution in [-0.4, -0.2) is 49.5 Å². The van der Waals surface area contributed by atoms with Crippen LogP contribution in [0.5, 0.6) is 5.75 Å². The summed E-state index contributed by atoms with van der Waals surface area (Å²) in [7, 11) is -0.855. The summed E-state index contributed by atoms with van der Waals surface area (Å²) >= 11 is 0. The molecule has 5 aromatic rings. The van der Waals surface area contributed by atoms with Crippen molar-refractivity contribution in [2.45, 2.75) is 20.6 Å². The number of furan rings is 1. The van der Waals surface area contributed by atoms with Crippen molar-refractivity contribution in [3.63, 3.8) is 0 Å². The number of carbonyl (C=O) groups excluding carboxylic acids is 1. The highest BCUT2D eigenvalue weighted by molar-refractivity contribution is 7.92. The van der Waals surface area contributed by atoms with E-state index in [0.717, 1.165) is 0 Å². The average molecular weight is 592 g/mol. The fourth-order valence-electron chi connectivity index (χ4n) is 5.08. The van der Waals surface area contributed by atoms with Crippen LogP contribution in [0.25, 0.3) is 44.5 Å². The quantitative estimate of drug-likeness (QED) is 0.199. The summed E-state index contributed by atoms with van der Waals surface area (Å²) in [5.41, 5.74) is 3.52. The predicted molar refractivity (Wildman–Crippen MR) is 157 cm³/mol. The number of amides is 1. The summed E-state index contributed by atoms with van der Waals surface area (Å²) in [5, 5.41) is 7.38. The molecule has 0 atom stereocenters. The second-order valence-electron chi connectivity index (χ2n) is 9.59. The summed E-state index contributed by atoms with van der Waals surface area (Å²) in [6.45, 7) is 3.33. The number of aromatic nitrogens is 2. The number of oxime groups is 1. The van der Waals surface area contributed by atoms with Gasteiger partial charge < -0.3 is 23.9 Å². The van der Waals surface area contributed by atoms with Crippen molar-refractivity contribution in [1.82, 2.24) is 14.9 Å². The van der Waals surface area contributed by atoms with E-state index in [-0.39, 0.29) is 40.9 Å². The molecule has 0 saturated carbocycles. The maximum Gasteiger partial charge on any atom is 0.255 e. The molecule has 3 aromatic heterocycles. The van der Waals surface area contributed by atoms with Gasteiger partial charge in [-0.2, -0.15) is 0 Å². The molecule has 1 amide bonds. The lowest BCUT2D eigenvalue weighted by Crippen LogP contribution is -2.20. The van der Waals surface area contributed by atoms with E-state index in [1.54, 1.807) is 43.3 Å². The van der Waals surface area contributed by atoms with Crippen LogP contribution in [0.3, 0.4) is 0 Å². The Kier molecular flexibility index (Phi) is 6.61. The van der Waals surface area contributed by atoms with Crippen molar-refractivity contribution in [1.29, 1.82) is 0 Å². The van der Waals surface area contributed by atoms with E-state index < -0.39 is 15.9 Å². The normalized spacial score (nSPS) is 13.0. The molecule has 0 saturated heterocycles. The summed E-state index contributed by atoms with van der Waals surface area (Å²) in [6.07, 6.45) is 0. The number of halogens is 1. The zero-order valence-electron chi connectivity index (χ0n) is 23.1. The summed E-state index contributed by atoms with van der Waals surface area (Å²) in [6, 6.07) is 13.1. The minimum atomic E-state index is -3.72. The molecular weight excluding hydrogens is 565 g/mol. The number of carbonyl (C=O) groups is 1. The molecule has 0 radical (unpaired) electrons. The Morgan fingerprint density at radius 3 is 2.74 bits per heavy atom. The fraction of sp³-hybridized carbons (Fsp3) is 0.207. The maximum atomic E-state index is 14.6. The largest absolute Gasteiger partial charge is 0.470 e. The van der Waals surface area contributed by atoms with E-state index in [0.29, 0.717) is 50.4 Å². The number of hydrogen-bond donors (Lipinski definition) is 2. The van der Waals surface area contributed by atoms with Gasteiger partial charge in [0.25, 0.3) is 5.91 Å². The molecule has 216 valence electrons. The van der Waals surface area contributed by atoms with Crippen LogP contribution in [0.4, 0.5) is 10.1 Å². The maximum absolute atomic E-state index is 14.6. The lowest BCUT2D eigenvalue weighted by molar-refractivity contribution is 0.0963. The molecule has 4 heterocycles. The number of nitrogens with one attached hydrogen (secondary N) is 2. The average Bonchev–Trinajstić information content (AvgIpc) is 3.55. The predicted octanol–water partition coefficient (Wildman–Crippen LogP) is 5.10. The Hall–Kier alpha value is -4.91. The molecule has 2 aromatic carbocycles. The fourth-order valence-corrected chi connectivity index (χ4v) is 5.72. The standard InChI is InChI=1S/C29H26FN5O6S/c1-5-42(37,38)34-21-13-25-18(26(29(36)31-3)28(41-25)15(2)33-39-4)11-17(21)20-9-10-24-27(32-20)23-12-16-19(30)7-6-8-22(16)35(23)14-40-24/h6-13,34H,5,14H2,1-4H3,(H,31,36)/b33-15+. The van der Waals surface area contributed by atoms with Crippen LogP contribution < -0.4 is 14.8 Å². The first-order valence-corrected chi connectivity index (χ1v) is 14.6. The zero-order valence-corrected chi connectivity index (χ0v) is 23.9. The van der Waals surface area contributed by atoms with Crippen molar-refractivity contribution in [3.05, 3.63) is 65.7 Å². The first-order valence-electron chi connectivity index (χ1n) is 13.0. The first-order chi connectivity index (χ1) is 20.2. The number of anilines is 1. The van der Waals surface area contributed by atoms with Gasteiger partial charge in [0.05, 0.1) is 33.9 Å². The topological polar surface area (TPSA) is 137 Å². The van der Waals surface area contributed by atoms with Crippen molar-refractivity contribution in [2.75, 3.05) is 24.6 Å². The molecule has 2 N–H and O–H groups in total. The van der Waals surface area contributed by atoms with Gasteiger partial charge in [-0.05, 0) is 50.2 Å². The second-order valence-corrected chi connectivity index (χ2v) is 11.6. The highest BCUT2D eigenvalue weighted by Crippen LogP contribution is 2.41. The van der Waals surface area contributed by atoms with Crippen LogP contribution >= 0.6 is 0 Å². The summed E-state index contributed by atoms with van der Waals surface area (Å²) in [4.78, 5) is 22.8. The number of sulfonamides is 1. The Morgan fingerprint density at radius 2 is 2.00 bits per heavy atom. The lowest BCUT2D eigenvalue weighted by atomic mass is 10.0. The molecule has 0 spiro atoms. The van der Waals surface area contributed by atoms with Gasteiger partial charge in [0.2, 0.25) is 10.0 Å². The molecule has 0 aliphatic carbocycles. The minimum absolute atomic E-state index is 0.172. The molecule has 13 heteroatoms. The van der Waals surface area contributed by atoms with Crippen molar-refractivity contribution >= 4 is 49.2 Å². The number of nitrogens with zero attached hydrogens (tertiary/aromatic N) is 3. The number of hydrogen-bond acceptors (Lipinski definition) is 8. The van der Waals surface area contributed by atoms with Gasteiger partial charge in [0, 0.05) is 29.4 Å². The third-order valence-electron chi connectivity index (χ3n) is 7.10. The van der Waals surface area contributed by atoms with Gasteiger partial charge >= 0.3 is 0 Å². The molecular formula is C29H26FN5O6S. The smallest absolute Gasteiger partial charge is 0.255 e. The van der Waals surface area contributed by atoms with E-state index in [9.17, 15) is 17.6 Å². The molecule has 1 aliphatic heterocycles. The van der Waals surface area contributed by atoms with Gasteiger partial charge in [0.1, 0.15) is 35.7 Å². The van der Waals surface area contributed by atoms with Crippen LogP contribution in [0, 0.1) is 5.82 Å². The Balaban J connectivity index is 1.61. The van der Waals surface area contributed by atoms with E-state index in [1.165, 1.54) is 33.2 Å². The van der Waals surface area contributed by atoms with Gasteiger partial charge in [-0.1, -0.05) is 11.2 Å². The van der Waals surface area contributed by atoms with Crippen LogP contribution in [0.15, 0.2) is 58.1 Å². The van der Waals surface area contributed by atoms with Crippen LogP contribution in [0.2, 0.25) is 0 Å². The lowest BCUT2D eigenvalue weighted by Gasteiger charge is -2.21. The van der Waals surface area contributed by atoms with Gasteiger partial charge in [-0.25, -0.2) is 17.8 Å². The number of rotatable bonds is 7. The first kappa shape index (κ1) is 27.3. The van der Waals surface area contributed by atoms with Crippen molar-refractivity contribution in [2.24, 2.45) is 5.16 Å². The van der Waals surface area contributed by atoms with Crippen molar-refractivity contribution in [3.8, 4) is 28.4 Å². The third-order valence-corrected chi connectivity index (χ3v) is 8.39. The molecule has 1 aliphatic rings. The molecule has 42 heavy (non-hydrogen) atoms. The Morgan fingerprint density at radius 1 is 1.19 bits per heavy atom. The van der Waals surface area contributed by atoms with Gasteiger partial charge in [-0.3, -0.25) is 9.52 Å². The summed E-state index contributed by atoms with van der Waals surface area (Å²) < 4.78 is 56.4. The molecule has 6 rings (SSSR count). The van der Waals surface area contributed by atoms with E-state index >= 15 is 0 Å². The van der Waals surface area contributed by atoms with Crippen LogP contribution in [-0.2, 0) is 21.6 Å². The van der Waals surface area contributed by atoms with Gasteiger partial charge in [-0.15, -0.1) is 0 Å². The zero-order chi connectivity index (χ0) is 29.8. The van der Waals surface area contributed by atoms with Crippen LogP contribution in [0.1, 0.15) is 30.0 Å². The highest BCUT2D eigenvalue weighted by atomic mass is 32.2. The van der Waals surface area contributed by atoms with Gasteiger partial charge in [0.15, 0.2) is 12.5 Å². The summed E-state index contributed by atoms with van der Waals surface area (Å²) in [5.74, 6) is -0.298. The molecule has 11 nitrogen and oxygen atoms in total. The highest BCUT2D eigenvalue weighted by Gasteiger charge is 2.27. The van der Waals surface area contributed by atoms with E-state index in [1.807, 2.05) is 4.57 Å². The van der Waals surface area contributed by atoms with E-state index in [2.05, 4.69) is 15.2 Å². The number of pyridine rings is 1. The monoisotopic (exact) mass is 591 g/mol. The van der Waals surface area contributed by atoms with E-state index in [4.69, 9.17) is 19.0 Å².